The predicted octanol–water partition coefficient (Wildman–Crippen LogP) is 3.34. The van der Waals surface area contributed by atoms with Gasteiger partial charge in [0.1, 0.15) is 0 Å². The summed E-state index contributed by atoms with van der Waals surface area (Å²) in [7, 11) is 0. The highest BCUT2D eigenvalue weighted by atomic mass is 15.4. The van der Waals surface area contributed by atoms with Crippen LogP contribution in [0.5, 0.6) is 0 Å². The van der Waals surface area contributed by atoms with Gasteiger partial charge in [-0.05, 0) is 12.8 Å². The first-order valence-corrected chi connectivity index (χ1v) is 6.83. The first kappa shape index (κ1) is 13.0. The third kappa shape index (κ3) is 4.98. The zero-order valence-corrected chi connectivity index (χ0v) is 10.6. The smallest absolute Gasteiger partial charge is 0.0505 e. The highest BCUT2D eigenvalue weighted by molar-refractivity contribution is 4.75. The molecule has 0 aliphatic carbocycles. The molecule has 0 radical (unpaired) electrons. The number of rotatable bonds is 9. The first-order valence-electron chi connectivity index (χ1n) is 6.83. The van der Waals surface area contributed by atoms with E-state index in [4.69, 9.17) is 0 Å². The van der Waals surface area contributed by atoms with E-state index in [0.29, 0.717) is 0 Å². The minimum Gasteiger partial charge on any atom is -0.291 e. The molecule has 0 saturated carbocycles. The summed E-state index contributed by atoms with van der Waals surface area (Å²) in [5.41, 5.74) is 0. The molecule has 0 atom stereocenters. The van der Waals surface area contributed by atoms with E-state index >= 15 is 0 Å². The maximum Gasteiger partial charge on any atom is 0.0505 e. The molecular formula is C13H28N2. The van der Waals surface area contributed by atoms with E-state index in [9.17, 15) is 0 Å². The summed E-state index contributed by atoms with van der Waals surface area (Å²) in [5.74, 6) is 0. The van der Waals surface area contributed by atoms with Crippen molar-refractivity contribution in [2.24, 2.45) is 0 Å². The Bertz CT molecular complexity index is 133. The van der Waals surface area contributed by atoms with Gasteiger partial charge in [0.25, 0.3) is 0 Å². The van der Waals surface area contributed by atoms with Crippen LogP contribution in [0.3, 0.4) is 0 Å². The van der Waals surface area contributed by atoms with Crippen molar-refractivity contribution in [2.75, 3.05) is 13.3 Å². The molecule has 0 amide bonds. The molecule has 1 saturated heterocycles. The second-order valence-electron chi connectivity index (χ2n) is 4.80. The molecule has 0 aromatic rings. The number of nitrogens with zero attached hydrogens (tertiary/aromatic N) is 1. The molecule has 1 rings (SSSR count). The van der Waals surface area contributed by atoms with Crippen LogP contribution < -0.4 is 5.32 Å². The lowest BCUT2D eigenvalue weighted by Crippen LogP contribution is -2.56. The van der Waals surface area contributed by atoms with Crippen LogP contribution in [0.25, 0.3) is 0 Å². The molecule has 1 fully saturated rings. The fourth-order valence-corrected chi connectivity index (χ4v) is 2.27. The van der Waals surface area contributed by atoms with Crippen molar-refractivity contribution in [1.29, 1.82) is 0 Å². The zero-order chi connectivity index (χ0) is 10.9. The molecule has 0 spiro atoms. The van der Waals surface area contributed by atoms with Gasteiger partial charge in [-0.25, -0.2) is 0 Å². The topological polar surface area (TPSA) is 15.3 Å². The number of hydrogen-bond donors (Lipinski definition) is 1. The van der Waals surface area contributed by atoms with Gasteiger partial charge >= 0.3 is 0 Å². The van der Waals surface area contributed by atoms with Crippen molar-refractivity contribution in [1.82, 2.24) is 10.2 Å². The van der Waals surface area contributed by atoms with E-state index in [1.54, 1.807) is 0 Å². The van der Waals surface area contributed by atoms with Crippen LogP contribution >= 0.6 is 0 Å². The van der Waals surface area contributed by atoms with Crippen molar-refractivity contribution < 1.29 is 0 Å². The van der Waals surface area contributed by atoms with E-state index in [1.165, 1.54) is 51.4 Å². The Hall–Kier alpha value is -0.0800. The summed E-state index contributed by atoms with van der Waals surface area (Å²) >= 11 is 0. The number of hydrogen-bond acceptors (Lipinski definition) is 2. The predicted molar refractivity (Wildman–Crippen MR) is 66.8 cm³/mol. The fourth-order valence-electron chi connectivity index (χ4n) is 2.27. The largest absolute Gasteiger partial charge is 0.291 e. The molecule has 1 heterocycles. The minimum atomic E-state index is 0.865. The van der Waals surface area contributed by atoms with E-state index in [0.717, 1.165) is 19.4 Å². The van der Waals surface area contributed by atoms with Crippen LogP contribution in [0.15, 0.2) is 0 Å². The van der Waals surface area contributed by atoms with E-state index in [-0.39, 0.29) is 0 Å². The van der Waals surface area contributed by atoms with Gasteiger partial charge in [-0.15, -0.1) is 0 Å². The Balaban J connectivity index is 2.13. The second-order valence-corrected chi connectivity index (χ2v) is 4.80. The molecule has 1 aliphatic heterocycles. The third-order valence-electron chi connectivity index (χ3n) is 3.43. The lowest BCUT2D eigenvalue weighted by atomic mass is 10.0. The maximum atomic E-state index is 3.35. The average molecular weight is 212 g/mol. The quantitative estimate of drug-likeness (QED) is 0.590. The Morgan fingerprint density at radius 2 is 1.47 bits per heavy atom. The van der Waals surface area contributed by atoms with Gasteiger partial charge < -0.3 is 0 Å². The van der Waals surface area contributed by atoms with Crippen LogP contribution in [0.1, 0.15) is 65.2 Å². The SMILES string of the molecule is CCCCCC(CCCCC)N1CNC1. The van der Waals surface area contributed by atoms with Gasteiger partial charge in [0, 0.05) is 6.04 Å². The lowest BCUT2D eigenvalue weighted by Gasteiger charge is -2.39. The Morgan fingerprint density at radius 1 is 0.933 bits per heavy atom. The number of nitrogens with one attached hydrogen (secondary N) is 1. The standard InChI is InChI=1S/C13H28N2/c1-3-5-7-9-13(10-8-6-4-2)15-11-14-12-15/h13-14H,3-12H2,1-2H3. The molecule has 2 heteroatoms. The van der Waals surface area contributed by atoms with E-state index in [2.05, 4.69) is 24.1 Å². The highest BCUT2D eigenvalue weighted by Gasteiger charge is 2.22. The molecule has 0 unspecified atom stereocenters. The van der Waals surface area contributed by atoms with Crippen LogP contribution in [0.4, 0.5) is 0 Å². The molecule has 15 heavy (non-hydrogen) atoms. The number of unbranched alkanes of at least 4 members (excludes halogenated alkanes) is 4. The molecule has 1 N–H and O–H groups in total. The van der Waals surface area contributed by atoms with Crippen LogP contribution in [-0.4, -0.2) is 24.3 Å². The van der Waals surface area contributed by atoms with Gasteiger partial charge in [0.2, 0.25) is 0 Å². The average Bonchev–Trinajstić information content (AvgIpc) is 2.15. The van der Waals surface area contributed by atoms with Gasteiger partial charge in [-0.2, -0.15) is 0 Å². The lowest BCUT2D eigenvalue weighted by molar-refractivity contribution is 0.0693. The summed E-state index contributed by atoms with van der Waals surface area (Å²) < 4.78 is 0. The van der Waals surface area contributed by atoms with Crippen molar-refractivity contribution in [3.8, 4) is 0 Å². The van der Waals surface area contributed by atoms with E-state index in [1.807, 2.05) is 0 Å². The summed E-state index contributed by atoms with van der Waals surface area (Å²) in [4.78, 5) is 2.60. The van der Waals surface area contributed by atoms with Crippen molar-refractivity contribution >= 4 is 0 Å². The molecule has 90 valence electrons. The summed E-state index contributed by atoms with van der Waals surface area (Å²) in [5, 5.41) is 3.35. The zero-order valence-electron chi connectivity index (χ0n) is 10.6. The summed E-state index contributed by atoms with van der Waals surface area (Å²) in [6, 6.07) is 0.865. The Kier molecular flexibility index (Phi) is 7.03. The normalized spacial score (nSPS) is 17.0. The molecule has 0 aromatic carbocycles. The third-order valence-corrected chi connectivity index (χ3v) is 3.43. The van der Waals surface area contributed by atoms with Gasteiger partial charge in [-0.3, -0.25) is 10.2 Å². The van der Waals surface area contributed by atoms with Crippen LogP contribution in [0.2, 0.25) is 0 Å². The Morgan fingerprint density at radius 3 is 1.80 bits per heavy atom. The molecule has 0 aromatic heterocycles. The summed E-state index contributed by atoms with van der Waals surface area (Å²) in [6.45, 7) is 6.83. The first-order chi connectivity index (χ1) is 7.38. The van der Waals surface area contributed by atoms with Crippen molar-refractivity contribution in [3.63, 3.8) is 0 Å². The van der Waals surface area contributed by atoms with Crippen molar-refractivity contribution in [2.45, 2.75) is 71.3 Å². The fraction of sp³-hybridized carbons (Fsp3) is 1.00. The van der Waals surface area contributed by atoms with Crippen LogP contribution in [-0.2, 0) is 0 Å². The van der Waals surface area contributed by atoms with E-state index < -0.39 is 0 Å². The highest BCUT2D eigenvalue weighted by Crippen LogP contribution is 2.18. The molecule has 1 aliphatic rings. The van der Waals surface area contributed by atoms with Gasteiger partial charge in [0.15, 0.2) is 0 Å². The van der Waals surface area contributed by atoms with Crippen molar-refractivity contribution in [3.05, 3.63) is 0 Å². The minimum absolute atomic E-state index is 0.865. The summed E-state index contributed by atoms with van der Waals surface area (Å²) in [6.07, 6.45) is 11.2. The molecular weight excluding hydrogens is 184 g/mol. The Labute approximate surface area is 95.4 Å². The van der Waals surface area contributed by atoms with Crippen LogP contribution in [0, 0.1) is 0 Å². The molecule has 2 nitrogen and oxygen atoms in total. The molecule has 0 bridgehead atoms. The van der Waals surface area contributed by atoms with Gasteiger partial charge in [0.05, 0.1) is 13.3 Å². The second kappa shape index (κ2) is 8.12. The van der Waals surface area contributed by atoms with Gasteiger partial charge in [-0.1, -0.05) is 52.4 Å². The maximum absolute atomic E-state index is 3.35. The monoisotopic (exact) mass is 212 g/mol.